The quantitative estimate of drug-likeness (QED) is 0.365. The molecular formula is C26H18BN. The van der Waals surface area contributed by atoms with Crippen LogP contribution in [0, 0.1) is 6.92 Å². The second-order valence-corrected chi connectivity index (χ2v) is 8.21. The molecule has 0 saturated carbocycles. The van der Waals surface area contributed by atoms with Crippen molar-refractivity contribution in [3.8, 4) is 5.69 Å². The van der Waals surface area contributed by atoms with Crippen LogP contribution in [0.5, 0.6) is 0 Å². The predicted molar refractivity (Wildman–Crippen MR) is 119 cm³/mol. The van der Waals surface area contributed by atoms with Crippen LogP contribution in [0.1, 0.15) is 16.7 Å². The molecule has 0 aliphatic carbocycles. The standard InChI is InChI=1S/C26H18BN/c1-16-14-18-15-17-8-2-4-10-20(17)27-21-11-5-7-13-23(21)28-22-12-6-3-9-19(22)24(16)26(28)25(18)27/h2-14H,15H2,1H3. The van der Waals surface area contributed by atoms with Gasteiger partial charge in [0.25, 0.3) is 0 Å². The highest BCUT2D eigenvalue weighted by Crippen LogP contribution is 2.37. The molecule has 1 aromatic heterocycles. The summed E-state index contributed by atoms with van der Waals surface area (Å²) in [5, 5.41) is 2.79. The van der Waals surface area contributed by atoms with Gasteiger partial charge in [0.1, 0.15) is 0 Å². The van der Waals surface area contributed by atoms with Crippen molar-refractivity contribution in [1.82, 2.24) is 4.57 Å². The monoisotopic (exact) mass is 355 g/mol. The van der Waals surface area contributed by atoms with E-state index in [1.54, 1.807) is 0 Å². The normalized spacial score (nSPS) is 13.7. The molecule has 28 heavy (non-hydrogen) atoms. The number of para-hydroxylation sites is 2. The summed E-state index contributed by atoms with van der Waals surface area (Å²) in [7, 11) is 0. The van der Waals surface area contributed by atoms with Crippen LogP contribution >= 0.6 is 0 Å². The van der Waals surface area contributed by atoms with Gasteiger partial charge in [0, 0.05) is 22.0 Å². The SMILES string of the molecule is Cc1cc2c3c4c1c1ccccc1n4-c1ccccc1B3c1ccccc1C2. The highest BCUT2D eigenvalue weighted by Gasteiger charge is 2.38. The van der Waals surface area contributed by atoms with E-state index in [-0.39, 0.29) is 0 Å². The molecule has 7 rings (SSSR count). The van der Waals surface area contributed by atoms with Gasteiger partial charge < -0.3 is 4.57 Å². The number of benzene rings is 4. The molecule has 0 fully saturated rings. The van der Waals surface area contributed by atoms with Crippen molar-refractivity contribution in [2.75, 3.05) is 0 Å². The van der Waals surface area contributed by atoms with Gasteiger partial charge in [-0.1, -0.05) is 72.2 Å². The molecule has 2 heteroatoms. The molecule has 4 aromatic carbocycles. The molecule has 0 amide bonds. The van der Waals surface area contributed by atoms with Crippen molar-refractivity contribution in [2.45, 2.75) is 13.3 Å². The fourth-order valence-electron chi connectivity index (χ4n) is 5.77. The van der Waals surface area contributed by atoms with E-state index in [9.17, 15) is 0 Å². The summed E-state index contributed by atoms with van der Waals surface area (Å²) < 4.78 is 2.52. The summed E-state index contributed by atoms with van der Waals surface area (Å²) in [6.45, 7) is 2.61. The first-order valence-corrected chi connectivity index (χ1v) is 10.1. The smallest absolute Gasteiger partial charge is 0.247 e. The molecule has 2 aliphatic heterocycles. The maximum Gasteiger partial charge on any atom is 0.247 e. The van der Waals surface area contributed by atoms with Gasteiger partial charge in [0.15, 0.2) is 0 Å². The number of fused-ring (bicyclic) bond motifs is 8. The topological polar surface area (TPSA) is 4.93 Å². The number of nitrogens with zero attached hydrogens (tertiary/aromatic N) is 1. The Hall–Kier alpha value is -3.26. The average Bonchev–Trinajstić information content (AvgIpc) is 3.09. The first kappa shape index (κ1) is 14.8. The third-order valence-corrected chi connectivity index (χ3v) is 6.79. The van der Waals surface area contributed by atoms with Crippen molar-refractivity contribution in [3.05, 3.63) is 95.6 Å². The molecule has 0 unspecified atom stereocenters. The lowest BCUT2D eigenvalue weighted by Gasteiger charge is -2.33. The van der Waals surface area contributed by atoms with Gasteiger partial charge in [-0.3, -0.25) is 0 Å². The summed E-state index contributed by atoms with van der Waals surface area (Å²) in [4.78, 5) is 0. The summed E-state index contributed by atoms with van der Waals surface area (Å²) in [6.07, 6.45) is 1.03. The van der Waals surface area contributed by atoms with Gasteiger partial charge in [-0.25, -0.2) is 0 Å². The minimum absolute atomic E-state index is 0.330. The number of aromatic nitrogens is 1. The van der Waals surface area contributed by atoms with Crippen LogP contribution in [0.2, 0.25) is 0 Å². The number of hydrogen-bond acceptors (Lipinski definition) is 0. The maximum absolute atomic E-state index is 2.52. The zero-order chi connectivity index (χ0) is 18.4. The number of hydrogen-bond donors (Lipinski definition) is 0. The third-order valence-electron chi connectivity index (χ3n) is 6.79. The fraction of sp³-hybridized carbons (Fsp3) is 0.0769. The lowest BCUT2D eigenvalue weighted by atomic mass is 9.32. The van der Waals surface area contributed by atoms with E-state index < -0.39 is 0 Å². The van der Waals surface area contributed by atoms with E-state index in [1.165, 1.54) is 60.6 Å². The summed E-state index contributed by atoms with van der Waals surface area (Å²) in [5.74, 6) is 0. The Balaban J connectivity index is 1.79. The van der Waals surface area contributed by atoms with Crippen molar-refractivity contribution in [3.63, 3.8) is 0 Å². The summed E-state index contributed by atoms with van der Waals surface area (Å²) in [5.41, 5.74) is 12.9. The van der Waals surface area contributed by atoms with Crippen molar-refractivity contribution in [2.24, 2.45) is 0 Å². The molecule has 0 spiro atoms. The lowest BCUT2D eigenvalue weighted by molar-refractivity contribution is 1.16. The first-order chi connectivity index (χ1) is 13.8. The van der Waals surface area contributed by atoms with E-state index >= 15 is 0 Å². The third kappa shape index (κ3) is 1.61. The lowest BCUT2D eigenvalue weighted by Crippen LogP contribution is -2.60. The van der Waals surface area contributed by atoms with Gasteiger partial charge in [-0.2, -0.15) is 0 Å². The fourth-order valence-corrected chi connectivity index (χ4v) is 5.77. The van der Waals surface area contributed by atoms with Gasteiger partial charge in [-0.05, 0) is 53.1 Å². The van der Waals surface area contributed by atoms with Crippen molar-refractivity contribution in [1.29, 1.82) is 0 Å². The highest BCUT2D eigenvalue weighted by molar-refractivity contribution is 6.98. The van der Waals surface area contributed by atoms with Crippen LogP contribution in [0.15, 0.2) is 78.9 Å². The van der Waals surface area contributed by atoms with Crippen LogP contribution in [0.4, 0.5) is 0 Å². The van der Waals surface area contributed by atoms with Crippen molar-refractivity contribution >= 4 is 44.9 Å². The molecule has 0 atom stereocenters. The van der Waals surface area contributed by atoms with Crippen LogP contribution < -0.4 is 16.4 Å². The molecule has 1 nitrogen and oxygen atoms in total. The zero-order valence-electron chi connectivity index (χ0n) is 15.7. The van der Waals surface area contributed by atoms with Gasteiger partial charge >= 0.3 is 0 Å². The Morgan fingerprint density at radius 2 is 1.54 bits per heavy atom. The Kier molecular flexibility index (Phi) is 2.62. The van der Waals surface area contributed by atoms with Gasteiger partial charge in [0.2, 0.25) is 6.71 Å². The second-order valence-electron chi connectivity index (χ2n) is 8.21. The zero-order valence-corrected chi connectivity index (χ0v) is 15.7. The van der Waals surface area contributed by atoms with Crippen LogP contribution in [0.3, 0.4) is 0 Å². The van der Waals surface area contributed by atoms with E-state index in [0.29, 0.717) is 6.71 Å². The highest BCUT2D eigenvalue weighted by atomic mass is 15.0. The largest absolute Gasteiger partial charge is 0.310 e. The van der Waals surface area contributed by atoms with Crippen LogP contribution in [0.25, 0.3) is 27.5 Å². The van der Waals surface area contributed by atoms with Gasteiger partial charge in [0.05, 0.1) is 5.52 Å². The van der Waals surface area contributed by atoms with Crippen molar-refractivity contribution < 1.29 is 0 Å². The Morgan fingerprint density at radius 1 is 0.786 bits per heavy atom. The molecule has 2 aliphatic rings. The molecule has 0 radical (unpaired) electrons. The molecule has 130 valence electrons. The van der Waals surface area contributed by atoms with E-state index in [2.05, 4.69) is 90.4 Å². The summed E-state index contributed by atoms with van der Waals surface area (Å²) >= 11 is 0. The maximum atomic E-state index is 2.52. The minimum atomic E-state index is 0.330. The Morgan fingerprint density at radius 3 is 2.46 bits per heavy atom. The molecule has 3 heterocycles. The number of aryl methyl sites for hydroxylation is 1. The number of rotatable bonds is 0. The molecule has 0 N–H and O–H groups in total. The molecular weight excluding hydrogens is 337 g/mol. The molecule has 0 saturated heterocycles. The van der Waals surface area contributed by atoms with E-state index in [0.717, 1.165) is 6.42 Å². The molecule has 0 bridgehead atoms. The second kappa shape index (κ2) is 4.96. The Bertz CT molecular complexity index is 1460. The van der Waals surface area contributed by atoms with E-state index in [1.807, 2.05) is 0 Å². The first-order valence-electron chi connectivity index (χ1n) is 10.1. The van der Waals surface area contributed by atoms with E-state index in [4.69, 9.17) is 0 Å². The van der Waals surface area contributed by atoms with Gasteiger partial charge in [-0.15, -0.1) is 0 Å². The molecule has 5 aromatic rings. The Labute approximate surface area is 164 Å². The summed E-state index contributed by atoms with van der Waals surface area (Å²) in [6, 6.07) is 29.4. The average molecular weight is 355 g/mol. The van der Waals surface area contributed by atoms with Crippen LogP contribution in [-0.2, 0) is 6.42 Å². The van der Waals surface area contributed by atoms with Crippen LogP contribution in [-0.4, -0.2) is 11.3 Å². The minimum Gasteiger partial charge on any atom is -0.310 e. The predicted octanol–water partition coefficient (Wildman–Crippen LogP) is 3.83.